The van der Waals surface area contributed by atoms with Gasteiger partial charge in [-0.3, -0.25) is 4.79 Å². The first-order valence-corrected chi connectivity index (χ1v) is 7.77. The molecule has 0 fully saturated rings. The number of ether oxygens (including phenoxy) is 1. The summed E-state index contributed by atoms with van der Waals surface area (Å²) in [5, 5.41) is 6.07. The van der Waals surface area contributed by atoms with Gasteiger partial charge in [-0.25, -0.2) is 0 Å². The fourth-order valence-electron chi connectivity index (χ4n) is 2.04. The summed E-state index contributed by atoms with van der Waals surface area (Å²) >= 11 is 3.46. The normalized spacial score (nSPS) is 11.6. The van der Waals surface area contributed by atoms with Crippen LogP contribution >= 0.6 is 15.9 Å². The Balaban J connectivity index is 2.04. The number of methoxy groups -OCH3 is 1. The average molecular weight is 363 g/mol. The number of carbonyl (C=O) groups excluding carboxylic acids is 1. The van der Waals surface area contributed by atoms with Crippen molar-refractivity contribution in [2.75, 3.05) is 17.7 Å². The van der Waals surface area contributed by atoms with Crippen LogP contribution in [-0.4, -0.2) is 19.1 Å². The molecule has 0 aliphatic carbocycles. The van der Waals surface area contributed by atoms with Gasteiger partial charge in [-0.1, -0.05) is 28.1 Å². The van der Waals surface area contributed by atoms with E-state index in [9.17, 15) is 4.79 Å². The number of aryl methyl sites for hydroxylation is 1. The van der Waals surface area contributed by atoms with Crippen molar-refractivity contribution in [3.8, 4) is 5.75 Å². The lowest BCUT2D eigenvalue weighted by atomic mass is 10.2. The van der Waals surface area contributed by atoms with Gasteiger partial charge in [0, 0.05) is 10.2 Å². The Bertz CT molecular complexity index is 673. The number of halogens is 1. The molecule has 5 heteroatoms. The summed E-state index contributed by atoms with van der Waals surface area (Å²) in [4.78, 5) is 12.3. The van der Waals surface area contributed by atoms with E-state index in [1.165, 1.54) is 0 Å². The second kappa shape index (κ2) is 7.31. The predicted octanol–water partition coefficient (Wildman–Crippen LogP) is 4.21. The van der Waals surface area contributed by atoms with Crippen LogP contribution in [0.1, 0.15) is 12.5 Å². The maximum atomic E-state index is 12.3. The minimum Gasteiger partial charge on any atom is -0.495 e. The van der Waals surface area contributed by atoms with Gasteiger partial charge in [-0.05, 0) is 49.7 Å². The Hall–Kier alpha value is -2.01. The highest BCUT2D eigenvalue weighted by Crippen LogP contribution is 2.24. The summed E-state index contributed by atoms with van der Waals surface area (Å²) in [6.45, 7) is 3.83. The third-order valence-corrected chi connectivity index (χ3v) is 4.19. The Morgan fingerprint density at radius 1 is 1.23 bits per heavy atom. The Morgan fingerprint density at radius 2 is 1.95 bits per heavy atom. The summed E-state index contributed by atoms with van der Waals surface area (Å²) in [5.74, 6) is 0.521. The lowest BCUT2D eigenvalue weighted by Crippen LogP contribution is -2.32. The molecule has 2 rings (SSSR count). The van der Waals surface area contributed by atoms with E-state index in [1.54, 1.807) is 7.11 Å². The van der Waals surface area contributed by atoms with Crippen LogP contribution in [0.15, 0.2) is 46.9 Å². The van der Waals surface area contributed by atoms with E-state index in [2.05, 4.69) is 26.6 Å². The van der Waals surface area contributed by atoms with Gasteiger partial charge >= 0.3 is 0 Å². The molecule has 0 spiro atoms. The van der Waals surface area contributed by atoms with E-state index < -0.39 is 0 Å². The minimum absolute atomic E-state index is 0.120. The molecule has 2 N–H and O–H groups in total. The minimum atomic E-state index is -0.370. The van der Waals surface area contributed by atoms with Gasteiger partial charge in [0.15, 0.2) is 0 Å². The first-order chi connectivity index (χ1) is 10.5. The van der Waals surface area contributed by atoms with Gasteiger partial charge in [0.2, 0.25) is 5.91 Å². The molecule has 0 heterocycles. The molecule has 0 saturated heterocycles. The van der Waals surface area contributed by atoms with Crippen molar-refractivity contribution in [3.63, 3.8) is 0 Å². The van der Waals surface area contributed by atoms with Gasteiger partial charge < -0.3 is 15.4 Å². The van der Waals surface area contributed by atoms with Crippen molar-refractivity contribution in [2.24, 2.45) is 0 Å². The molecule has 0 aliphatic rings. The van der Waals surface area contributed by atoms with Crippen molar-refractivity contribution in [1.82, 2.24) is 0 Å². The second-order valence-corrected chi connectivity index (χ2v) is 5.87. The zero-order valence-electron chi connectivity index (χ0n) is 12.8. The molecule has 2 aromatic rings. The first-order valence-electron chi connectivity index (χ1n) is 6.98. The molecular formula is C17H19BrN2O2. The fraction of sp³-hybridized carbons (Fsp3) is 0.235. The van der Waals surface area contributed by atoms with Crippen LogP contribution in [0.25, 0.3) is 0 Å². The molecule has 116 valence electrons. The van der Waals surface area contributed by atoms with Gasteiger partial charge in [-0.15, -0.1) is 0 Å². The Labute approximate surface area is 139 Å². The molecule has 0 bridgehead atoms. The zero-order valence-corrected chi connectivity index (χ0v) is 14.4. The molecule has 0 radical (unpaired) electrons. The number of carbonyl (C=O) groups is 1. The van der Waals surface area contributed by atoms with E-state index in [0.717, 1.165) is 15.7 Å². The van der Waals surface area contributed by atoms with Crippen LogP contribution in [0.4, 0.5) is 11.4 Å². The highest BCUT2D eigenvalue weighted by molar-refractivity contribution is 9.10. The molecule has 2 aromatic carbocycles. The van der Waals surface area contributed by atoms with Crippen molar-refractivity contribution in [1.29, 1.82) is 0 Å². The van der Waals surface area contributed by atoms with E-state index in [1.807, 2.05) is 56.3 Å². The quantitative estimate of drug-likeness (QED) is 0.837. The molecule has 1 amide bonds. The largest absolute Gasteiger partial charge is 0.495 e. The third-order valence-electron chi connectivity index (χ3n) is 3.30. The molecular weight excluding hydrogens is 344 g/mol. The predicted molar refractivity (Wildman–Crippen MR) is 93.6 cm³/mol. The zero-order chi connectivity index (χ0) is 16.1. The number of hydrogen-bond donors (Lipinski definition) is 2. The van der Waals surface area contributed by atoms with E-state index >= 15 is 0 Å². The van der Waals surface area contributed by atoms with Gasteiger partial charge in [0.25, 0.3) is 0 Å². The number of rotatable bonds is 5. The molecule has 4 nitrogen and oxygen atoms in total. The van der Waals surface area contributed by atoms with E-state index in [-0.39, 0.29) is 11.9 Å². The van der Waals surface area contributed by atoms with Gasteiger partial charge in [-0.2, -0.15) is 0 Å². The molecule has 1 atom stereocenters. The summed E-state index contributed by atoms with van der Waals surface area (Å²) in [5.41, 5.74) is 2.68. The monoisotopic (exact) mass is 362 g/mol. The number of amides is 1. The smallest absolute Gasteiger partial charge is 0.246 e. The third kappa shape index (κ3) is 4.01. The van der Waals surface area contributed by atoms with Crippen molar-refractivity contribution < 1.29 is 9.53 Å². The molecule has 1 unspecified atom stereocenters. The fourth-order valence-corrected chi connectivity index (χ4v) is 2.29. The number of para-hydroxylation sites is 2. The topological polar surface area (TPSA) is 50.4 Å². The number of benzene rings is 2. The number of hydrogen-bond acceptors (Lipinski definition) is 3. The van der Waals surface area contributed by atoms with Crippen LogP contribution in [0.2, 0.25) is 0 Å². The van der Waals surface area contributed by atoms with Crippen LogP contribution in [0.3, 0.4) is 0 Å². The summed E-state index contributed by atoms with van der Waals surface area (Å²) in [6.07, 6.45) is 0. The van der Waals surface area contributed by atoms with E-state index in [0.29, 0.717) is 11.4 Å². The van der Waals surface area contributed by atoms with Crippen LogP contribution in [0.5, 0.6) is 5.75 Å². The van der Waals surface area contributed by atoms with Gasteiger partial charge in [0.1, 0.15) is 11.8 Å². The second-order valence-electron chi connectivity index (χ2n) is 5.02. The highest BCUT2D eigenvalue weighted by Gasteiger charge is 2.14. The van der Waals surface area contributed by atoms with E-state index in [4.69, 9.17) is 4.74 Å². The Kier molecular flexibility index (Phi) is 5.44. The SMILES string of the molecule is COc1ccccc1NC(=O)C(C)Nc1ccc(Br)c(C)c1. The summed E-state index contributed by atoms with van der Waals surface area (Å²) in [7, 11) is 1.58. The van der Waals surface area contributed by atoms with Crippen molar-refractivity contribution >= 4 is 33.2 Å². The van der Waals surface area contributed by atoms with Crippen molar-refractivity contribution in [3.05, 3.63) is 52.5 Å². The number of anilines is 2. The Morgan fingerprint density at radius 3 is 2.64 bits per heavy atom. The molecule has 0 aromatic heterocycles. The average Bonchev–Trinajstić information content (AvgIpc) is 2.51. The maximum absolute atomic E-state index is 12.3. The number of nitrogens with one attached hydrogen (secondary N) is 2. The summed E-state index contributed by atoms with van der Waals surface area (Å²) < 4.78 is 6.28. The molecule has 0 saturated carbocycles. The van der Waals surface area contributed by atoms with Crippen LogP contribution < -0.4 is 15.4 Å². The highest BCUT2D eigenvalue weighted by atomic mass is 79.9. The van der Waals surface area contributed by atoms with Crippen LogP contribution in [0, 0.1) is 6.92 Å². The van der Waals surface area contributed by atoms with Crippen molar-refractivity contribution in [2.45, 2.75) is 19.9 Å². The lowest BCUT2D eigenvalue weighted by molar-refractivity contribution is -0.116. The summed E-state index contributed by atoms with van der Waals surface area (Å²) in [6, 6.07) is 12.9. The first kappa shape index (κ1) is 16.4. The lowest BCUT2D eigenvalue weighted by Gasteiger charge is -2.17. The molecule has 0 aliphatic heterocycles. The molecule has 22 heavy (non-hydrogen) atoms. The maximum Gasteiger partial charge on any atom is 0.246 e. The standard InChI is InChI=1S/C17H19BrN2O2/c1-11-10-13(8-9-14(11)18)19-12(2)17(21)20-15-6-4-5-7-16(15)22-3/h4-10,12,19H,1-3H3,(H,20,21). The van der Waals surface area contributed by atoms with Gasteiger partial charge in [0.05, 0.1) is 12.8 Å². The van der Waals surface area contributed by atoms with Crippen LogP contribution in [-0.2, 0) is 4.79 Å².